The summed E-state index contributed by atoms with van der Waals surface area (Å²) in [5.74, 6) is 0.360. The van der Waals surface area contributed by atoms with Crippen LogP contribution in [-0.4, -0.2) is 42.1 Å². The lowest BCUT2D eigenvalue weighted by Gasteiger charge is -2.23. The molecule has 1 heterocycles. The van der Waals surface area contributed by atoms with Gasteiger partial charge in [-0.1, -0.05) is 12.1 Å². The van der Waals surface area contributed by atoms with Gasteiger partial charge in [-0.3, -0.25) is 4.79 Å². The van der Waals surface area contributed by atoms with Crippen molar-refractivity contribution in [1.82, 2.24) is 10.2 Å². The SMILES string of the molecule is CN(C(=O)Cc1ccc(O)cc1)C1CCNC1. The van der Waals surface area contributed by atoms with Crippen LogP contribution in [0.2, 0.25) is 0 Å². The van der Waals surface area contributed by atoms with Gasteiger partial charge in [0, 0.05) is 19.6 Å². The number of carbonyl (C=O) groups excluding carboxylic acids is 1. The minimum Gasteiger partial charge on any atom is -0.508 e. The molecule has 1 fully saturated rings. The molecule has 92 valence electrons. The monoisotopic (exact) mass is 234 g/mol. The number of benzene rings is 1. The molecule has 1 saturated heterocycles. The average Bonchev–Trinajstić information content (AvgIpc) is 2.84. The van der Waals surface area contributed by atoms with E-state index in [0.29, 0.717) is 12.5 Å². The highest BCUT2D eigenvalue weighted by Crippen LogP contribution is 2.12. The van der Waals surface area contributed by atoms with Crippen molar-refractivity contribution >= 4 is 5.91 Å². The summed E-state index contributed by atoms with van der Waals surface area (Å²) in [5, 5.41) is 12.4. The highest BCUT2D eigenvalue weighted by Gasteiger charge is 2.22. The van der Waals surface area contributed by atoms with Gasteiger partial charge in [-0.25, -0.2) is 0 Å². The maximum atomic E-state index is 12.0. The molecule has 4 nitrogen and oxygen atoms in total. The van der Waals surface area contributed by atoms with Crippen molar-refractivity contribution in [2.75, 3.05) is 20.1 Å². The van der Waals surface area contributed by atoms with Gasteiger partial charge in [0.25, 0.3) is 0 Å². The number of aromatic hydroxyl groups is 1. The van der Waals surface area contributed by atoms with Gasteiger partial charge in [-0.2, -0.15) is 0 Å². The molecule has 1 unspecified atom stereocenters. The molecule has 1 aromatic rings. The van der Waals surface area contributed by atoms with Gasteiger partial charge in [0.1, 0.15) is 5.75 Å². The van der Waals surface area contributed by atoms with Crippen LogP contribution in [0.1, 0.15) is 12.0 Å². The lowest BCUT2D eigenvalue weighted by Crippen LogP contribution is -2.39. The van der Waals surface area contributed by atoms with Crippen molar-refractivity contribution in [2.24, 2.45) is 0 Å². The van der Waals surface area contributed by atoms with Crippen molar-refractivity contribution < 1.29 is 9.90 Å². The van der Waals surface area contributed by atoms with Crippen LogP contribution in [0.3, 0.4) is 0 Å². The van der Waals surface area contributed by atoms with Crippen molar-refractivity contribution in [3.63, 3.8) is 0 Å². The Morgan fingerprint density at radius 1 is 1.47 bits per heavy atom. The van der Waals surface area contributed by atoms with Crippen LogP contribution in [0.15, 0.2) is 24.3 Å². The summed E-state index contributed by atoms with van der Waals surface area (Å²) in [7, 11) is 1.86. The predicted octanol–water partition coefficient (Wildman–Crippen LogP) is 0.755. The number of hydrogen-bond donors (Lipinski definition) is 2. The third-order valence-corrected chi connectivity index (χ3v) is 3.27. The zero-order chi connectivity index (χ0) is 12.3. The normalized spacial score (nSPS) is 19.2. The molecule has 1 aliphatic rings. The average molecular weight is 234 g/mol. The van der Waals surface area contributed by atoms with Crippen LogP contribution < -0.4 is 5.32 Å². The molecule has 4 heteroatoms. The van der Waals surface area contributed by atoms with E-state index in [4.69, 9.17) is 5.11 Å². The van der Waals surface area contributed by atoms with E-state index >= 15 is 0 Å². The third-order valence-electron chi connectivity index (χ3n) is 3.27. The van der Waals surface area contributed by atoms with Crippen molar-refractivity contribution in [3.8, 4) is 5.75 Å². The zero-order valence-corrected chi connectivity index (χ0v) is 10.0. The van der Waals surface area contributed by atoms with E-state index < -0.39 is 0 Å². The molecule has 17 heavy (non-hydrogen) atoms. The van der Waals surface area contributed by atoms with E-state index in [1.165, 1.54) is 0 Å². The van der Waals surface area contributed by atoms with Crippen LogP contribution in [0, 0.1) is 0 Å². The topological polar surface area (TPSA) is 52.6 Å². The molecule has 2 rings (SSSR count). The van der Waals surface area contributed by atoms with E-state index in [-0.39, 0.29) is 11.7 Å². The van der Waals surface area contributed by atoms with Crippen molar-refractivity contribution in [3.05, 3.63) is 29.8 Å². The molecule has 1 atom stereocenters. The van der Waals surface area contributed by atoms with E-state index in [2.05, 4.69) is 5.32 Å². The summed E-state index contributed by atoms with van der Waals surface area (Å²) in [6.45, 7) is 1.87. The Morgan fingerprint density at radius 2 is 2.18 bits per heavy atom. The Kier molecular flexibility index (Phi) is 3.64. The molecule has 0 bridgehead atoms. The van der Waals surface area contributed by atoms with Gasteiger partial charge >= 0.3 is 0 Å². The maximum Gasteiger partial charge on any atom is 0.227 e. The van der Waals surface area contributed by atoms with Crippen molar-refractivity contribution in [2.45, 2.75) is 18.9 Å². The quantitative estimate of drug-likeness (QED) is 0.811. The molecular weight excluding hydrogens is 216 g/mol. The fourth-order valence-electron chi connectivity index (χ4n) is 2.09. The molecular formula is C13H18N2O2. The molecule has 2 N–H and O–H groups in total. The minimum absolute atomic E-state index is 0.129. The number of nitrogens with zero attached hydrogens (tertiary/aromatic N) is 1. The zero-order valence-electron chi connectivity index (χ0n) is 10.0. The molecule has 0 saturated carbocycles. The van der Waals surface area contributed by atoms with Crippen LogP contribution in [0.5, 0.6) is 5.75 Å². The first-order valence-electron chi connectivity index (χ1n) is 5.91. The van der Waals surface area contributed by atoms with E-state index in [0.717, 1.165) is 25.1 Å². The van der Waals surface area contributed by atoms with E-state index in [1.807, 2.05) is 11.9 Å². The molecule has 1 amide bonds. The summed E-state index contributed by atoms with van der Waals surface area (Å²) in [5.41, 5.74) is 0.936. The molecule has 0 aliphatic carbocycles. The van der Waals surface area contributed by atoms with E-state index in [9.17, 15) is 4.79 Å². The summed E-state index contributed by atoms with van der Waals surface area (Å²) in [6, 6.07) is 7.11. The van der Waals surface area contributed by atoms with E-state index in [1.54, 1.807) is 24.3 Å². The number of likely N-dealkylation sites (N-methyl/N-ethyl adjacent to an activating group) is 1. The molecule has 1 aromatic carbocycles. The third kappa shape index (κ3) is 2.97. The van der Waals surface area contributed by atoms with Crippen LogP contribution >= 0.6 is 0 Å². The van der Waals surface area contributed by atoms with Gasteiger partial charge in [-0.05, 0) is 30.7 Å². The second kappa shape index (κ2) is 5.19. The first kappa shape index (κ1) is 11.9. The molecule has 0 aromatic heterocycles. The number of rotatable bonds is 3. The number of phenols is 1. The van der Waals surface area contributed by atoms with Gasteiger partial charge < -0.3 is 15.3 Å². The van der Waals surface area contributed by atoms with Crippen LogP contribution in [0.25, 0.3) is 0 Å². The maximum absolute atomic E-state index is 12.0. The highest BCUT2D eigenvalue weighted by atomic mass is 16.3. The number of hydrogen-bond acceptors (Lipinski definition) is 3. The van der Waals surface area contributed by atoms with Crippen LogP contribution in [-0.2, 0) is 11.2 Å². The fourth-order valence-corrected chi connectivity index (χ4v) is 2.09. The number of amides is 1. The lowest BCUT2D eigenvalue weighted by molar-refractivity contribution is -0.130. The Balaban J connectivity index is 1.93. The van der Waals surface area contributed by atoms with Gasteiger partial charge in [-0.15, -0.1) is 0 Å². The lowest BCUT2D eigenvalue weighted by atomic mass is 10.1. The summed E-state index contributed by atoms with van der Waals surface area (Å²) in [6.07, 6.45) is 1.42. The summed E-state index contributed by atoms with van der Waals surface area (Å²) < 4.78 is 0. The van der Waals surface area contributed by atoms with Crippen LogP contribution in [0.4, 0.5) is 0 Å². The second-order valence-electron chi connectivity index (χ2n) is 4.49. The van der Waals surface area contributed by atoms with Gasteiger partial charge in [0.15, 0.2) is 0 Å². The predicted molar refractivity (Wildman–Crippen MR) is 65.9 cm³/mol. The summed E-state index contributed by atoms with van der Waals surface area (Å²) >= 11 is 0. The minimum atomic E-state index is 0.129. The molecule has 0 radical (unpaired) electrons. The number of phenolic OH excluding ortho intramolecular Hbond substituents is 1. The highest BCUT2D eigenvalue weighted by molar-refractivity contribution is 5.78. The Bertz CT molecular complexity index is 383. The second-order valence-corrected chi connectivity index (χ2v) is 4.49. The molecule has 0 spiro atoms. The first-order valence-corrected chi connectivity index (χ1v) is 5.91. The molecule has 1 aliphatic heterocycles. The Labute approximate surface area is 101 Å². The fraction of sp³-hybridized carbons (Fsp3) is 0.462. The van der Waals surface area contributed by atoms with Crippen molar-refractivity contribution in [1.29, 1.82) is 0 Å². The largest absolute Gasteiger partial charge is 0.508 e. The summed E-state index contributed by atoms with van der Waals surface area (Å²) in [4.78, 5) is 13.8. The smallest absolute Gasteiger partial charge is 0.227 e. The first-order chi connectivity index (χ1) is 8.16. The van der Waals surface area contributed by atoms with Gasteiger partial charge in [0.05, 0.1) is 6.42 Å². The Morgan fingerprint density at radius 3 is 2.76 bits per heavy atom. The number of nitrogens with one attached hydrogen (secondary N) is 1. The Hall–Kier alpha value is -1.55. The van der Waals surface area contributed by atoms with Gasteiger partial charge in [0.2, 0.25) is 5.91 Å². The standard InChI is InChI=1S/C13H18N2O2/c1-15(11-6-7-14-9-11)13(17)8-10-2-4-12(16)5-3-10/h2-5,11,14,16H,6-9H2,1H3. The number of carbonyl (C=O) groups is 1.